The summed E-state index contributed by atoms with van der Waals surface area (Å²) in [6.45, 7) is 5.71. The number of nitriles is 1. The number of hydrogen-bond donors (Lipinski definition) is 3. The molecule has 0 aliphatic carbocycles. The first-order chi connectivity index (χ1) is 13.2. The van der Waals surface area contributed by atoms with Crippen LogP contribution in [-0.4, -0.2) is 58.7 Å². The highest BCUT2D eigenvalue weighted by atomic mass is 16.6. The van der Waals surface area contributed by atoms with Crippen LogP contribution in [0.2, 0.25) is 0 Å². The standard InChI is InChI=1S/C19H24BN3O5/c1-14(12-21)17(24)23-10-6-9-19(2,13-23)28-18(25)22-16(20(26)27)11-15-7-4-3-5-8-15/h3-5,7-8,16,26-27H,1,6,9-11,13H2,2H3,(H,22,25)/t16-,19-/m0/s1. The van der Waals surface area contributed by atoms with Crippen LogP contribution in [0.5, 0.6) is 0 Å². The Kier molecular flexibility index (Phi) is 7.21. The number of carbonyl (C=O) groups is 2. The van der Waals surface area contributed by atoms with Gasteiger partial charge in [0.2, 0.25) is 0 Å². The van der Waals surface area contributed by atoms with Crippen LogP contribution in [-0.2, 0) is 16.0 Å². The van der Waals surface area contributed by atoms with Crippen LogP contribution in [0.4, 0.5) is 4.79 Å². The lowest BCUT2D eigenvalue weighted by Crippen LogP contribution is -2.54. The van der Waals surface area contributed by atoms with E-state index in [-0.39, 0.29) is 18.5 Å². The maximum Gasteiger partial charge on any atom is 0.475 e. The van der Waals surface area contributed by atoms with E-state index in [4.69, 9.17) is 10.00 Å². The topological polar surface area (TPSA) is 123 Å². The molecule has 148 valence electrons. The number of hydrogen-bond acceptors (Lipinski definition) is 6. The lowest BCUT2D eigenvalue weighted by Gasteiger charge is -2.39. The van der Waals surface area contributed by atoms with Gasteiger partial charge in [-0.1, -0.05) is 36.9 Å². The second kappa shape index (κ2) is 9.40. The summed E-state index contributed by atoms with van der Waals surface area (Å²) in [7, 11) is -1.76. The molecule has 0 bridgehead atoms. The van der Waals surface area contributed by atoms with Gasteiger partial charge < -0.3 is 25.0 Å². The molecule has 2 amide bonds. The number of ether oxygens (including phenoxy) is 1. The third-order valence-electron chi connectivity index (χ3n) is 4.64. The van der Waals surface area contributed by atoms with E-state index in [9.17, 15) is 19.6 Å². The summed E-state index contributed by atoms with van der Waals surface area (Å²) in [6, 6.07) is 10.8. The molecule has 0 saturated carbocycles. The molecule has 1 heterocycles. The molecule has 1 fully saturated rings. The second-order valence-corrected chi connectivity index (χ2v) is 7.11. The first kappa shape index (κ1) is 21.5. The van der Waals surface area contributed by atoms with Crippen LogP contribution in [0.25, 0.3) is 0 Å². The molecule has 2 rings (SSSR count). The first-order valence-electron chi connectivity index (χ1n) is 9.02. The first-order valence-corrected chi connectivity index (χ1v) is 9.02. The zero-order valence-corrected chi connectivity index (χ0v) is 15.8. The molecule has 1 aliphatic rings. The van der Waals surface area contributed by atoms with E-state index >= 15 is 0 Å². The highest BCUT2D eigenvalue weighted by Gasteiger charge is 2.38. The lowest BCUT2D eigenvalue weighted by atomic mass is 9.76. The van der Waals surface area contributed by atoms with E-state index < -0.39 is 30.7 Å². The van der Waals surface area contributed by atoms with Gasteiger partial charge in [0.25, 0.3) is 5.91 Å². The van der Waals surface area contributed by atoms with E-state index in [1.165, 1.54) is 4.90 Å². The molecule has 8 nitrogen and oxygen atoms in total. The molecule has 1 aromatic rings. The predicted molar refractivity (Wildman–Crippen MR) is 103 cm³/mol. The smallest absolute Gasteiger partial charge is 0.441 e. The van der Waals surface area contributed by atoms with Crippen molar-refractivity contribution >= 4 is 19.1 Å². The van der Waals surface area contributed by atoms with Crippen LogP contribution in [0.15, 0.2) is 42.5 Å². The zero-order valence-electron chi connectivity index (χ0n) is 15.8. The Morgan fingerprint density at radius 1 is 1.43 bits per heavy atom. The minimum atomic E-state index is -1.76. The molecule has 0 aromatic heterocycles. The van der Waals surface area contributed by atoms with Crippen molar-refractivity contribution in [2.24, 2.45) is 0 Å². The van der Waals surface area contributed by atoms with Crippen molar-refractivity contribution in [1.29, 1.82) is 5.26 Å². The summed E-state index contributed by atoms with van der Waals surface area (Å²) in [5.41, 5.74) is -0.289. The summed E-state index contributed by atoms with van der Waals surface area (Å²) in [5, 5.41) is 30.5. The Morgan fingerprint density at radius 2 is 2.11 bits per heavy atom. The third kappa shape index (κ3) is 5.84. The molecular formula is C19H24BN3O5. The summed E-state index contributed by atoms with van der Waals surface area (Å²) >= 11 is 0. The number of nitrogens with zero attached hydrogens (tertiary/aromatic N) is 2. The number of nitrogens with one attached hydrogen (secondary N) is 1. The van der Waals surface area contributed by atoms with Crippen molar-refractivity contribution in [2.75, 3.05) is 13.1 Å². The fourth-order valence-corrected chi connectivity index (χ4v) is 3.20. The Morgan fingerprint density at radius 3 is 2.71 bits per heavy atom. The number of likely N-dealkylation sites (tertiary alicyclic amines) is 1. The third-order valence-corrected chi connectivity index (χ3v) is 4.64. The molecule has 1 saturated heterocycles. The van der Waals surface area contributed by atoms with Gasteiger partial charge in [-0.3, -0.25) is 4.79 Å². The molecule has 1 aliphatic heterocycles. The molecule has 9 heteroatoms. The number of carbonyl (C=O) groups excluding carboxylic acids is 2. The van der Waals surface area contributed by atoms with E-state index in [1.54, 1.807) is 13.0 Å². The Bertz CT molecular complexity index is 765. The van der Waals surface area contributed by atoms with Gasteiger partial charge in [-0.2, -0.15) is 5.26 Å². The van der Waals surface area contributed by atoms with E-state index in [1.807, 2.05) is 30.3 Å². The normalized spacial score (nSPS) is 19.9. The van der Waals surface area contributed by atoms with Gasteiger partial charge in [0.1, 0.15) is 17.2 Å². The minimum Gasteiger partial charge on any atom is -0.441 e. The summed E-state index contributed by atoms with van der Waals surface area (Å²) in [4.78, 5) is 25.9. The van der Waals surface area contributed by atoms with Gasteiger partial charge >= 0.3 is 13.2 Å². The van der Waals surface area contributed by atoms with E-state index in [0.717, 1.165) is 5.56 Å². The summed E-state index contributed by atoms with van der Waals surface area (Å²) in [5.74, 6) is -1.43. The van der Waals surface area contributed by atoms with Crippen LogP contribution in [0.1, 0.15) is 25.3 Å². The largest absolute Gasteiger partial charge is 0.475 e. The molecule has 3 N–H and O–H groups in total. The van der Waals surface area contributed by atoms with Crippen LogP contribution in [0.3, 0.4) is 0 Å². The van der Waals surface area contributed by atoms with Gasteiger partial charge in [-0.15, -0.1) is 0 Å². The van der Waals surface area contributed by atoms with Crippen molar-refractivity contribution in [3.63, 3.8) is 0 Å². The van der Waals surface area contributed by atoms with Gasteiger partial charge in [0, 0.05) is 6.54 Å². The fraction of sp³-hybridized carbons (Fsp3) is 0.421. The number of amides is 2. The van der Waals surface area contributed by atoms with E-state index in [0.29, 0.717) is 19.4 Å². The molecule has 2 atom stereocenters. The lowest BCUT2D eigenvalue weighted by molar-refractivity contribution is -0.133. The highest BCUT2D eigenvalue weighted by molar-refractivity contribution is 6.43. The minimum absolute atomic E-state index is 0.130. The van der Waals surface area contributed by atoms with Crippen molar-refractivity contribution in [2.45, 2.75) is 37.7 Å². The quantitative estimate of drug-likeness (QED) is 0.378. The van der Waals surface area contributed by atoms with Crippen molar-refractivity contribution < 1.29 is 24.4 Å². The van der Waals surface area contributed by atoms with E-state index in [2.05, 4.69) is 11.9 Å². The fourth-order valence-electron chi connectivity index (χ4n) is 3.20. The molecule has 0 radical (unpaired) electrons. The molecular weight excluding hydrogens is 361 g/mol. The maximum atomic E-state index is 12.4. The van der Waals surface area contributed by atoms with Gasteiger partial charge in [-0.05, 0) is 31.7 Å². The van der Waals surface area contributed by atoms with Crippen molar-refractivity contribution in [1.82, 2.24) is 10.2 Å². The number of rotatable bonds is 6. The molecule has 0 unspecified atom stereocenters. The highest BCUT2D eigenvalue weighted by Crippen LogP contribution is 2.25. The Balaban J connectivity index is 1.98. The van der Waals surface area contributed by atoms with Gasteiger partial charge in [-0.25, -0.2) is 4.79 Å². The Labute approximate surface area is 164 Å². The van der Waals surface area contributed by atoms with Crippen LogP contribution in [0, 0.1) is 11.3 Å². The number of benzene rings is 1. The molecule has 28 heavy (non-hydrogen) atoms. The SMILES string of the molecule is C=C(C#N)C(=O)N1CCC[C@](C)(OC(=O)N[C@@H](Cc2ccccc2)B(O)O)C1. The number of alkyl carbamates (subject to hydrolysis) is 1. The zero-order chi connectivity index (χ0) is 20.7. The Hall–Kier alpha value is -2.83. The molecule has 1 aromatic carbocycles. The van der Waals surface area contributed by atoms with Crippen LogP contribution >= 0.6 is 0 Å². The van der Waals surface area contributed by atoms with Gasteiger partial charge in [0.05, 0.1) is 12.5 Å². The van der Waals surface area contributed by atoms with Crippen molar-refractivity contribution in [3.8, 4) is 6.07 Å². The monoisotopic (exact) mass is 385 g/mol. The second-order valence-electron chi connectivity index (χ2n) is 7.11. The summed E-state index contributed by atoms with van der Waals surface area (Å²) < 4.78 is 5.51. The summed E-state index contributed by atoms with van der Waals surface area (Å²) in [6.07, 6.45) is 0.556. The van der Waals surface area contributed by atoms with Gasteiger partial charge in [0.15, 0.2) is 0 Å². The molecule has 0 spiro atoms. The number of piperidine rings is 1. The average molecular weight is 385 g/mol. The predicted octanol–water partition coefficient (Wildman–Crippen LogP) is 0.797. The van der Waals surface area contributed by atoms with Crippen LogP contribution < -0.4 is 5.32 Å². The van der Waals surface area contributed by atoms with Crippen molar-refractivity contribution in [3.05, 3.63) is 48.0 Å². The maximum absolute atomic E-state index is 12.4. The average Bonchev–Trinajstić information content (AvgIpc) is 2.66.